The Balaban J connectivity index is 1.92. The number of nitrogens with one attached hydrogen (secondary N) is 1. The first kappa shape index (κ1) is 26.1. The number of carbonyl (C=O) groups is 3. The maximum Gasteiger partial charge on any atom is 0.303 e. The Morgan fingerprint density at radius 1 is 1.14 bits per heavy atom. The van der Waals surface area contributed by atoms with Crippen LogP contribution in [0.2, 0.25) is 0 Å². The van der Waals surface area contributed by atoms with E-state index in [-0.39, 0.29) is 35.5 Å². The number of hydrogen-bond acceptors (Lipinski definition) is 5. The van der Waals surface area contributed by atoms with Gasteiger partial charge in [0.05, 0.1) is 6.10 Å². The molecule has 3 aliphatic rings. The van der Waals surface area contributed by atoms with Crippen LogP contribution in [0.3, 0.4) is 0 Å². The summed E-state index contributed by atoms with van der Waals surface area (Å²) in [6.45, 7) is 11.2. The van der Waals surface area contributed by atoms with Crippen LogP contribution in [0.4, 0.5) is 0 Å². The summed E-state index contributed by atoms with van der Waals surface area (Å²) in [5.74, 6) is -2.49. The van der Waals surface area contributed by atoms with Crippen LogP contribution in [0.1, 0.15) is 39.7 Å². The van der Waals surface area contributed by atoms with E-state index in [1.54, 1.807) is 12.2 Å². The van der Waals surface area contributed by atoms with Crippen molar-refractivity contribution in [2.75, 3.05) is 0 Å². The van der Waals surface area contributed by atoms with E-state index in [1.807, 2.05) is 63.3 Å². The first-order chi connectivity index (χ1) is 17.1. The molecule has 2 fully saturated rings. The highest BCUT2D eigenvalue weighted by Crippen LogP contribution is 2.58. The van der Waals surface area contributed by atoms with Crippen LogP contribution in [-0.4, -0.2) is 41.0 Å². The van der Waals surface area contributed by atoms with Gasteiger partial charge in [-0.2, -0.15) is 0 Å². The molecule has 4 unspecified atom stereocenters. The van der Waals surface area contributed by atoms with Crippen LogP contribution in [0.15, 0.2) is 66.8 Å². The largest absolute Gasteiger partial charge is 0.457 e. The van der Waals surface area contributed by atoms with Crippen molar-refractivity contribution in [2.45, 2.75) is 58.8 Å². The first-order valence-corrected chi connectivity index (χ1v) is 12.9. The number of benzene rings is 1. The minimum absolute atomic E-state index is 0.0764. The summed E-state index contributed by atoms with van der Waals surface area (Å²) in [6.07, 6.45) is 6.34. The van der Waals surface area contributed by atoms with Gasteiger partial charge in [0.15, 0.2) is 0 Å². The zero-order valence-corrected chi connectivity index (χ0v) is 21.5. The fraction of sp³-hybridized carbons (Fsp3) is 0.500. The van der Waals surface area contributed by atoms with E-state index in [0.29, 0.717) is 18.4 Å². The van der Waals surface area contributed by atoms with Crippen molar-refractivity contribution in [1.29, 1.82) is 0 Å². The Morgan fingerprint density at radius 3 is 2.50 bits per heavy atom. The highest BCUT2D eigenvalue weighted by molar-refractivity contribution is 5.89. The third-order valence-corrected chi connectivity index (χ3v) is 8.49. The molecule has 192 valence electrons. The second-order valence-corrected chi connectivity index (χ2v) is 10.7. The van der Waals surface area contributed by atoms with Crippen molar-refractivity contribution in [1.82, 2.24) is 5.32 Å². The molecule has 9 atom stereocenters. The van der Waals surface area contributed by atoms with E-state index >= 15 is 0 Å². The van der Waals surface area contributed by atoms with Crippen LogP contribution in [0.5, 0.6) is 0 Å². The topological polar surface area (TPSA) is 92.7 Å². The molecule has 0 radical (unpaired) electrons. The van der Waals surface area contributed by atoms with E-state index in [9.17, 15) is 19.5 Å². The van der Waals surface area contributed by atoms with Crippen LogP contribution in [0, 0.1) is 35.0 Å². The molecule has 4 rings (SSSR count). The normalized spacial score (nSPS) is 40.3. The third-order valence-electron chi connectivity index (χ3n) is 8.49. The molecule has 1 aromatic carbocycles. The second-order valence-electron chi connectivity index (χ2n) is 10.7. The molecule has 2 N–H and O–H groups in total. The lowest BCUT2D eigenvalue weighted by Crippen LogP contribution is -2.60. The Bertz CT molecular complexity index is 1090. The number of carbonyl (C=O) groups excluding carboxylic acids is 3. The number of allylic oxidation sites excluding steroid dienone is 2. The molecular weight excluding hydrogens is 454 g/mol. The number of Topliss-reactive ketones (excluding diaryl/α,β-unsaturated/α-hetero) is 1. The molecule has 1 heterocycles. The quantitative estimate of drug-likeness (QED) is 0.496. The van der Waals surface area contributed by atoms with Crippen molar-refractivity contribution < 1.29 is 24.2 Å². The molecule has 1 spiro atoms. The summed E-state index contributed by atoms with van der Waals surface area (Å²) in [5.41, 5.74) is 0.493. The minimum Gasteiger partial charge on any atom is -0.457 e. The molecule has 6 nitrogen and oxygen atoms in total. The average Bonchev–Trinajstić information content (AvgIpc) is 3.13. The van der Waals surface area contributed by atoms with Gasteiger partial charge in [0.1, 0.15) is 17.3 Å². The Kier molecular flexibility index (Phi) is 7.37. The van der Waals surface area contributed by atoms with Crippen LogP contribution < -0.4 is 5.32 Å². The smallest absolute Gasteiger partial charge is 0.303 e. The zero-order chi connectivity index (χ0) is 26.2. The number of rotatable bonds is 3. The van der Waals surface area contributed by atoms with Crippen molar-refractivity contribution in [3.05, 3.63) is 72.4 Å². The van der Waals surface area contributed by atoms with E-state index in [2.05, 4.69) is 11.9 Å². The summed E-state index contributed by atoms with van der Waals surface area (Å²) in [6, 6.07) is 9.71. The van der Waals surface area contributed by atoms with E-state index < -0.39 is 35.4 Å². The Hall–Kier alpha value is -2.99. The number of hydrogen-bond donors (Lipinski definition) is 2. The Morgan fingerprint density at radius 2 is 1.83 bits per heavy atom. The lowest BCUT2D eigenvalue weighted by molar-refractivity contribution is -0.166. The van der Waals surface area contributed by atoms with Crippen molar-refractivity contribution in [3.63, 3.8) is 0 Å². The predicted molar refractivity (Wildman–Crippen MR) is 138 cm³/mol. The highest BCUT2D eigenvalue weighted by Gasteiger charge is 2.68. The molecule has 6 heteroatoms. The maximum absolute atomic E-state index is 14.1. The Labute approximate surface area is 213 Å². The minimum atomic E-state index is -1.26. The molecule has 0 aromatic heterocycles. The van der Waals surface area contributed by atoms with Gasteiger partial charge < -0.3 is 15.2 Å². The first-order valence-electron chi connectivity index (χ1n) is 12.9. The van der Waals surface area contributed by atoms with Crippen LogP contribution >= 0.6 is 0 Å². The van der Waals surface area contributed by atoms with Gasteiger partial charge in [0.2, 0.25) is 5.91 Å². The summed E-state index contributed by atoms with van der Waals surface area (Å²) in [7, 11) is 0. The van der Waals surface area contributed by atoms with Gasteiger partial charge >= 0.3 is 5.97 Å². The third kappa shape index (κ3) is 4.36. The van der Waals surface area contributed by atoms with Gasteiger partial charge in [0.25, 0.3) is 0 Å². The summed E-state index contributed by atoms with van der Waals surface area (Å²) >= 11 is 0. The molecule has 1 aliphatic heterocycles. The zero-order valence-electron chi connectivity index (χ0n) is 21.5. The summed E-state index contributed by atoms with van der Waals surface area (Å²) < 4.78 is 5.88. The SMILES string of the molecule is C=C1C(C)C2[C@H](Cc3ccccc3)NC(=O)C23C(/C=C/C[C@@H](C)C(=O)[C@@H](C)/C=C/[C@H]3OC(C)=O)[C@@H]1O. The fourth-order valence-electron chi connectivity index (χ4n) is 6.65. The maximum atomic E-state index is 14.1. The monoisotopic (exact) mass is 491 g/mol. The van der Waals surface area contributed by atoms with Gasteiger partial charge in [-0.05, 0) is 36.0 Å². The molecule has 1 saturated heterocycles. The molecule has 1 amide bonds. The molecule has 2 aliphatic carbocycles. The lowest BCUT2D eigenvalue weighted by atomic mass is 9.51. The van der Waals surface area contributed by atoms with E-state index in [4.69, 9.17) is 4.74 Å². The number of aliphatic hydroxyl groups excluding tert-OH is 1. The highest BCUT2D eigenvalue weighted by atomic mass is 16.5. The van der Waals surface area contributed by atoms with E-state index in [0.717, 1.165) is 5.56 Å². The molecule has 1 aromatic rings. The number of aliphatic hydroxyl groups is 1. The van der Waals surface area contributed by atoms with Crippen molar-refractivity contribution >= 4 is 17.7 Å². The molecule has 0 bridgehead atoms. The molecular formula is C30H37NO5. The fourth-order valence-corrected chi connectivity index (χ4v) is 6.65. The number of ether oxygens (including phenoxy) is 1. The standard InChI is InChI=1S/C30H37NO5/c1-17-10-9-13-23-28(34)20(4)19(3)26-24(16-22-11-7-6-8-12-22)31-29(35)30(23,26)25(36-21(5)32)15-14-18(2)27(17)33/h6-9,11-15,17-19,23-26,28,34H,4,10,16H2,1-3,5H3,(H,31,35)/b13-9+,15-14+/t17-,18+,19?,23?,24+,25-,26?,28-,30?/m1/s1. The van der Waals surface area contributed by atoms with Gasteiger partial charge in [-0.3, -0.25) is 14.4 Å². The molecule has 1 saturated carbocycles. The summed E-state index contributed by atoms with van der Waals surface area (Å²) in [4.78, 5) is 39.4. The van der Waals surface area contributed by atoms with Crippen LogP contribution in [0.25, 0.3) is 0 Å². The van der Waals surface area contributed by atoms with Gasteiger partial charge in [-0.1, -0.05) is 75.9 Å². The van der Waals surface area contributed by atoms with Crippen molar-refractivity contribution in [3.8, 4) is 0 Å². The second kappa shape index (κ2) is 10.2. The lowest BCUT2D eigenvalue weighted by Gasteiger charge is -2.52. The van der Waals surface area contributed by atoms with Gasteiger partial charge in [0, 0.05) is 36.6 Å². The molecule has 36 heavy (non-hydrogen) atoms. The number of amides is 1. The van der Waals surface area contributed by atoms with Gasteiger partial charge in [-0.15, -0.1) is 0 Å². The van der Waals surface area contributed by atoms with Crippen LogP contribution in [-0.2, 0) is 25.5 Å². The van der Waals surface area contributed by atoms with E-state index in [1.165, 1.54) is 6.92 Å². The average molecular weight is 492 g/mol. The predicted octanol–water partition coefficient (Wildman–Crippen LogP) is 3.80. The van der Waals surface area contributed by atoms with Crippen molar-refractivity contribution in [2.24, 2.45) is 35.0 Å². The summed E-state index contributed by atoms with van der Waals surface area (Å²) in [5, 5.41) is 14.7. The van der Waals surface area contributed by atoms with Gasteiger partial charge in [-0.25, -0.2) is 0 Å². The number of esters is 1. The number of ketones is 1.